The normalized spacial score (nSPS) is 25.1. The second-order valence-electron chi connectivity index (χ2n) is 6.34. The molecule has 0 bridgehead atoms. The third kappa shape index (κ3) is 3.51. The molecular formula is C17H18Cl2N2O5. The van der Waals surface area contributed by atoms with Crippen molar-refractivity contribution in [3.05, 3.63) is 33.8 Å². The van der Waals surface area contributed by atoms with Crippen LogP contribution in [0.1, 0.15) is 18.9 Å². The van der Waals surface area contributed by atoms with E-state index in [4.69, 9.17) is 32.8 Å². The highest BCUT2D eigenvalue weighted by Crippen LogP contribution is 2.39. The lowest BCUT2D eigenvalue weighted by Crippen LogP contribution is -2.54. The van der Waals surface area contributed by atoms with E-state index < -0.39 is 23.5 Å². The van der Waals surface area contributed by atoms with Crippen molar-refractivity contribution >= 4 is 40.8 Å². The van der Waals surface area contributed by atoms with E-state index in [0.717, 1.165) is 0 Å². The van der Waals surface area contributed by atoms with Crippen LogP contribution >= 0.6 is 23.2 Å². The number of benzene rings is 1. The summed E-state index contributed by atoms with van der Waals surface area (Å²) in [6.07, 6.45) is 0.0570. The molecule has 2 aliphatic heterocycles. The molecule has 3 rings (SSSR count). The molecule has 0 aliphatic carbocycles. The summed E-state index contributed by atoms with van der Waals surface area (Å²) in [6.45, 7) is 2.06. The summed E-state index contributed by atoms with van der Waals surface area (Å²) in [5, 5.41) is 7.81. The Bertz CT molecular complexity index is 749. The topological polar surface area (TPSA) is 86.2 Å². The number of oxime groups is 1. The Morgan fingerprint density at radius 3 is 2.73 bits per heavy atom. The first-order valence-electron chi connectivity index (χ1n) is 8.04. The number of carbonyl (C=O) groups is 2. The molecule has 0 aromatic heterocycles. The third-order valence-corrected chi connectivity index (χ3v) is 4.86. The van der Waals surface area contributed by atoms with Gasteiger partial charge in [-0.15, -0.1) is 0 Å². The summed E-state index contributed by atoms with van der Waals surface area (Å²) in [6, 6.07) is 4.62. The van der Waals surface area contributed by atoms with Gasteiger partial charge in [0.15, 0.2) is 0 Å². The van der Waals surface area contributed by atoms with Gasteiger partial charge in [0.1, 0.15) is 0 Å². The molecule has 7 nitrogen and oxygen atoms in total. The molecule has 140 valence electrons. The van der Waals surface area contributed by atoms with Crippen molar-refractivity contribution in [2.45, 2.75) is 25.0 Å². The van der Waals surface area contributed by atoms with Crippen LogP contribution in [0.5, 0.6) is 0 Å². The zero-order chi connectivity index (χ0) is 18.9. The Hall–Kier alpha value is -1.83. The van der Waals surface area contributed by atoms with Crippen LogP contribution < -0.4 is 5.32 Å². The van der Waals surface area contributed by atoms with Crippen molar-refractivity contribution in [2.75, 3.05) is 20.3 Å². The van der Waals surface area contributed by atoms with Gasteiger partial charge in [0.25, 0.3) is 5.91 Å². The smallest absolute Gasteiger partial charge is 0.307 e. The number of halogens is 2. The number of carbonyl (C=O) groups excluding carboxylic acids is 2. The number of rotatable bonds is 5. The van der Waals surface area contributed by atoms with Gasteiger partial charge in [-0.2, -0.15) is 0 Å². The number of hydrogen-bond acceptors (Lipinski definition) is 6. The lowest BCUT2D eigenvalue weighted by molar-refractivity contribution is -0.148. The van der Waals surface area contributed by atoms with Gasteiger partial charge in [-0.3, -0.25) is 9.59 Å². The minimum atomic E-state index is -1.27. The first-order valence-corrected chi connectivity index (χ1v) is 8.79. The number of fused-ring (bicyclic) bond motifs is 1. The quantitative estimate of drug-likeness (QED) is 0.765. The van der Waals surface area contributed by atoms with Crippen molar-refractivity contribution in [1.82, 2.24) is 5.32 Å². The lowest BCUT2D eigenvalue weighted by Gasteiger charge is -2.25. The molecule has 2 aliphatic rings. The number of nitrogens with one attached hydrogen (secondary N) is 1. The molecule has 1 saturated heterocycles. The van der Waals surface area contributed by atoms with Crippen molar-refractivity contribution < 1.29 is 23.9 Å². The fourth-order valence-corrected chi connectivity index (χ4v) is 3.62. The zero-order valence-corrected chi connectivity index (χ0v) is 15.8. The van der Waals surface area contributed by atoms with E-state index in [9.17, 15) is 9.59 Å². The molecule has 0 saturated carbocycles. The number of ether oxygens (including phenoxy) is 2. The van der Waals surface area contributed by atoms with Gasteiger partial charge in [-0.1, -0.05) is 28.4 Å². The first kappa shape index (κ1) is 18.9. The van der Waals surface area contributed by atoms with Crippen LogP contribution in [0.15, 0.2) is 23.4 Å². The van der Waals surface area contributed by atoms with Gasteiger partial charge in [0, 0.05) is 21.7 Å². The highest BCUT2D eigenvalue weighted by Gasteiger charge is 2.59. The van der Waals surface area contributed by atoms with Crippen LogP contribution in [-0.4, -0.2) is 49.6 Å². The minimum Gasteiger partial charge on any atom is -0.469 e. The molecule has 1 N–H and O–H groups in total. The summed E-state index contributed by atoms with van der Waals surface area (Å²) < 4.78 is 10.1. The summed E-state index contributed by atoms with van der Waals surface area (Å²) in [5.74, 6) is -1.20. The minimum absolute atomic E-state index is 0.0570. The number of nitrogens with zero attached hydrogens (tertiary/aromatic N) is 1. The number of methoxy groups -OCH3 is 1. The second-order valence-corrected chi connectivity index (χ2v) is 7.21. The first-order chi connectivity index (χ1) is 12.4. The molecule has 9 heteroatoms. The van der Waals surface area contributed by atoms with E-state index in [1.165, 1.54) is 7.11 Å². The second kappa shape index (κ2) is 7.42. The highest BCUT2D eigenvalue weighted by molar-refractivity contribution is 6.35. The van der Waals surface area contributed by atoms with Gasteiger partial charge in [-0.05, 0) is 25.1 Å². The molecule has 2 unspecified atom stereocenters. The predicted octanol–water partition coefficient (Wildman–Crippen LogP) is 2.18. The van der Waals surface area contributed by atoms with Crippen LogP contribution in [0.25, 0.3) is 0 Å². The Morgan fingerprint density at radius 2 is 2.08 bits per heavy atom. The summed E-state index contributed by atoms with van der Waals surface area (Å²) in [4.78, 5) is 29.8. The molecule has 1 aromatic rings. The van der Waals surface area contributed by atoms with Crippen molar-refractivity contribution in [3.63, 3.8) is 0 Å². The summed E-state index contributed by atoms with van der Waals surface area (Å²) in [7, 11) is 1.30. The van der Waals surface area contributed by atoms with Crippen molar-refractivity contribution in [2.24, 2.45) is 11.1 Å². The summed E-state index contributed by atoms with van der Waals surface area (Å²) in [5.41, 5.74) is -0.0351. The van der Waals surface area contributed by atoms with Gasteiger partial charge >= 0.3 is 5.97 Å². The van der Waals surface area contributed by atoms with Crippen LogP contribution in [0.4, 0.5) is 0 Å². The Morgan fingerprint density at radius 1 is 1.38 bits per heavy atom. The standard InChI is InChI=1S/C17H18Cl2N2O5/c1-9(3-14(22)24-2)20-16(23)17-8-25-7-13(17)15(21-26-17)10-4-11(18)6-12(19)5-10/h4-6,9,13H,3,7-8H2,1-2H3,(H,20,23)/t9-,13?,17?/m0/s1. The number of esters is 1. The molecule has 1 amide bonds. The lowest BCUT2D eigenvalue weighted by atomic mass is 9.84. The van der Waals surface area contributed by atoms with Crippen LogP contribution in [0.2, 0.25) is 10.0 Å². The van der Waals surface area contributed by atoms with Crippen LogP contribution in [-0.2, 0) is 23.9 Å². The fourth-order valence-electron chi connectivity index (χ4n) is 3.10. The average molecular weight is 401 g/mol. The van der Waals surface area contributed by atoms with Crippen molar-refractivity contribution in [3.8, 4) is 0 Å². The van der Waals surface area contributed by atoms with E-state index in [2.05, 4.69) is 15.2 Å². The predicted molar refractivity (Wildman–Crippen MR) is 95.4 cm³/mol. The van der Waals surface area contributed by atoms with E-state index in [0.29, 0.717) is 21.3 Å². The van der Waals surface area contributed by atoms with Gasteiger partial charge in [-0.25, -0.2) is 0 Å². The SMILES string of the molecule is COC(=O)C[C@H](C)NC(=O)C12COCC1C(c1cc(Cl)cc(Cl)c1)=NO2. The number of hydrogen-bond donors (Lipinski definition) is 1. The van der Waals surface area contributed by atoms with E-state index in [1.54, 1.807) is 25.1 Å². The monoisotopic (exact) mass is 400 g/mol. The zero-order valence-electron chi connectivity index (χ0n) is 14.3. The molecular weight excluding hydrogens is 383 g/mol. The fraction of sp³-hybridized carbons (Fsp3) is 0.471. The maximum Gasteiger partial charge on any atom is 0.307 e. The Kier molecular flexibility index (Phi) is 5.41. The highest BCUT2D eigenvalue weighted by atomic mass is 35.5. The average Bonchev–Trinajstić information content (AvgIpc) is 3.13. The molecule has 3 atom stereocenters. The van der Waals surface area contributed by atoms with Gasteiger partial charge in [0.2, 0.25) is 5.60 Å². The third-order valence-electron chi connectivity index (χ3n) is 4.42. The van der Waals surface area contributed by atoms with E-state index in [1.807, 2.05) is 0 Å². The molecule has 26 heavy (non-hydrogen) atoms. The van der Waals surface area contributed by atoms with Gasteiger partial charge < -0.3 is 19.6 Å². The molecule has 2 heterocycles. The van der Waals surface area contributed by atoms with E-state index >= 15 is 0 Å². The molecule has 1 aromatic carbocycles. The Balaban J connectivity index is 1.78. The largest absolute Gasteiger partial charge is 0.469 e. The van der Waals surface area contributed by atoms with Crippen LogP contribution in [0, 0.1) is 5.92 Å². The molecule has 0 radical (unpaired) electrons. The molecule has 0 spiro atoms. The van der Waals surface area contributed by atoms with E-state index in [-0.39, 0.29) is 25.5 Å². The maximum atomic E-state index is 12.8. The van der Waals surface area contributed by atoms with Gasteiger partial charge in [0.05, 0.1) is 38.4 Å². The Labute approximate surface area is 160 Å². The van der Waals surface area contributed by atoms with Crippen LogP contribution in [0.3, 0.4) is 0 Å². The van der Waals surface area contributed by atoms with Crippen molar-refractivity contribution in [1.29, 1.82) is 0 Å². The maximum absolute atomic E-state index is 12.8. The summed E-state index contributed by atoms with van der Waals surface area (Å²) >= 11 is 12.1. The molecule has 1 fully saturated rings. The number of amides is 1.